The van der Waals surface area contributed by atoms with E-state index in [0.717, 1.165) is 60.3 Å². The first-order chi connectivity index (χ1) is 16.6. The minimum absolute atomic E-state index is 0.0759. The number of ether oxygens (including phenoxy) is 1. The molecule has 178 valence electrons. The van der Waals surface area contributed by atoms with E-state index in [0.29, 0.717) is 25.2 Å². The summed E-state index contributed by atoms with van der Waals surface area (Å²) in [5.74, 6) is -0.301. The van der Waals surface area contributed by atoms with E-state index in [1.807, 2.05) is 61.5 Å². The number of aromatic nitrogens is 1. The van der Waals surface area contributed by atoms with Crippen LogP contribution in [-0.4, -0.2) is 73.0 Å². The van der Waals surface area contributed by atoms with Gasteiger partial charge in [-0.1, -0.05) is 55.5 Å². The number of benzene rings is 2. The first kappa shape index (κ1) is 23.9. The maximum absolute atomic E-state index is 13.0. The van der Waals surface area contributed by atoms with Gasteiger partial charge >= 0.3 is 5.97 Å². The molecule has 0 bridgehead atoms. The molecule has 34 heavy (non-hydrogen) atoms. The molecular formula is C27H32N4O3. The molecule has 0 atom stereocenters. The van der Waals surface area contributed by atoms with Crippen LogP contribution in [0.5, 0.6) is 0 Å². The molecule has 0 aliphatic carbocycles. The highest BCUT2D eigenvalue weighted by Gasteiger charge is 2.26. The summed E-state index contributed by atoms with van der Waals surface area (Å²) in [7, 11) is 1.42. The van der Waals surface area contributed by atoms with Gasteiger partial charge in [0.25, 0.3) is 0 Å². The number of nitrogens with one attached hydrogen (secondary N) is 1. The zero-order chi connectivity index (χ0) is 23.9. The Hall–Kier alpha value is -3.29. The Kier molecular flexibility index (Phi) is 7.87. The Bertz CT molecular complexity index is 1140. The average Bonchev–Trinajstić information content (AvgIpc) is 2.88. The van der Waals surface area contributed by atoms with Crippen LogP contribution in [0.2, 0.25) is 0 Å². The molecule has 7 nitrogen and oxygen atoms in total. The topological polar surface area (TPSA) is 74.8 Å². The van der Waals surface area contributed by atoms with Crippen LogP contribution in [-0.2, 0) is 16.1 Å². The number of rotatable bonds is 8. The summed E-state index contributed by atoms with van der Waals surface area (Å²) in [4.78, 5) is 34.5. The van der Waals surface area contributed by atoms with Gasteiger partial charge in [0, 0.05) is 50.2 Å². The van der Waals surface area contributed by atoms with E-state index in [-0.39, 0.29) is 11.9 Å². The molecule has 1 fully saturated rings. The molecule has 0 unspecified atom stereocenters. The Morgan fingerprint density at radius 1 is 0.971 bits per heavy atom. The van der Waals surface area contributed by atoms with Crippen LogP contribution in [0.1, 0.15) is 29.4 Å². The van der Waals surface area contributed by atoms with Crippen LogP contribution in [0, 0.1) is 0 Å². The molecule has 2 heterocycles. The van der Waals surface area contributed by atoms with Crippen molar-refractivity contribution in [1.82, 2.24) is 20.1 Å². The van der Waals surface area contributed by atoms with Crippen LogP contribution >= 0.6 is 0 Å². The van der Waals surface area contributed by atoms with Crippen molar-refractivity contribution in [2.75, 3.05) is 46.4 Å². The Morgan fingerprint density at radius 2 is 1.65 bits per heavy atom. The molecule has 2 aromatic carbocycles. The second-order valence-corrected chi connectivity index (χ2v) is 8.59. The van der Waals surface area contributed by atoms with Gasteiger partial charge in [0.05, 0.1) is 30.4 Å². The van der Waals surface area contributed by atoms with Crippen molar-refractivity contribution >= 4 is 22.8 Å². The quantitative estimate of drug-likeness (QED) is 0.520. The molecule has 0 radical (unpaired) electrons. The number of carbonyl (C=O) groups is 2. The van der Waals surface area contributed by atoms with Gasteiger partial charge in [0.15, 0.2) is 0 Å². The number of amides is 1. The Labute approximate surface area is 200 Å². The summed E-state index contributed by atoms with van der Waals surface area (Å²) in [6, 6.07) is 17.9. The predicted molar refractivity (Wildman–Crippen MR) is 134 cm³/mol. The van der Waals surface area contributed by atoms with Crippen molar-refractivity contribution in [2.24, 2.45) is 0 Å². The third-order valence-electron chi connectivity index (χ3n) is 6.20. The van der Waals surface area contributed by atoms with Crippen LogP contribution in [0.3, 0.4) is 0 Å². The molecular weight excluding hydrogens is 428 g/mol. The normalized spacial score (nSPS) is 14.8. The number of para-hydroxylation sites is 1. The molecule has 7 heteroatoms. The fourth-order valence-corrected chi connectivity index (χ4v) is 4.44. The number of fused-ring (bicyclic) bond motifs is 1. The number of piperazine rings is 1. The lowest BCUT2D eigenvalue weighted by Gasteiger charge is -2.34. The lowest BCUT2D eigenvalue weighted by molar-refractivity contribution is -0.122. The number of hydrogen-bond acceptors (Lipinski definition) is 6. The summed E-state index contributed by atoms with van der Waals surface area (Å²) >= 11 is 0. The van der Waals surface area contributed by atoms with Gasteiger partial charge < -0.3 is 10.1 Å². The number of pyridine rings is 1. The molecule has 1 saturated heterocycles. The summed E-state index contributed by atoms with van der Waals surface area (Å²) in [6.07, 6.45) is 0.936. The first-order valence-electron chi connectivity index (χ1n) is 11.9. The van der Waals surface area contributed by atoms with E-state index < -0.39 is 0 Å². The van der Waals surface area contributed by atoms with Crippen molar-refractivity contribution < 1.29 is 14.3 Å². The number of hydrogen-bond donors (Lipinski definition) is 1. The van der Waals surface area contributed by atoms with E-state index in [9.17, 15) is 9.59 Å². The van der Waals surface area contributed by atoms with Crippen molar-refractivity contribution in [1.29, 1.82) is 0 Å². The molecule has 0 saturated carbocycles. The fourth-order valence-electron chi connectivity index (χ4n) is 4.44. The maximum Gasteiger partial charge on any atom is 0.340 e. The second-order valence-electron chi connectivity index (χ2n) is 8.59. The number of methoxy groups -OCH3 is 1. The minimum Gasteiger partial charge on any atom is -0.465 e. The summed E-state index contributed by atoms with van der Waals surface area (Å²) in [5.41, 5.74) is 3.92. The highest BCUT2D eigenvalue weighted by atomic mass is 16.5. The molecule has 4 rings (SSSR count). The van der Waals surface area contributed by atoms with Gasteiger partial charge in [0.2, 0.25) is 5.91 Å². The minimum atomic E-state index is -0.377. The van der Waals surface area contributed by atoms with E-state index in [1.165, 1.54) is 7.11 Å². The maximum atomic E-state index is 13.0. The lowest BCUT2D eigenvalue weighted by atomic mass is 9.93. The third-order valence-corrected chi connectivity index (χ3v) is 6.20. The predicted octanol–water partition coefficient (Wildman–Crippen LogP) is 3.33. The van der Waals surface area contributed by atoms with E-state index in [4.69, 9.17) is 9.72 Å². The van der Waals surface area contributed by atoms with Crippen molar-refractivity contribution in [3.05, 3.63) is 65.9 Å². The standard InChI is InChI=1S/C27H32N4O3/c1-3-13-28-24(32)19-31-16-14-30(15-17-31)18-23-26(27(33)34-2)25(20-9-5-4-6-10-20)21-11-7-8-12-22(21)29-23/h4-12H,3,13-19H2,1-2H3,(H,28,32). The van der Waals surface area contributed by atoms with Gasteiger partial charge in [-0.2, -0.15) is 0 Å². The average molecular weight is 461 g/mol. The molecule has 1 aliphatic heterocycles. The molecule has 1 N–H and O–H groups in total. The molecule has 1 aromatic heterocycles. The van der Waals surface area contributed by atoms with E-state index in [1.54, 1.807) is 0 Å². The monoisotopic (exact) mass is 460 g/mol. The van der Waals surface area contributed by atoms with Crippen LogP contribution in [0.15, 0.2) is 54.6 Å². The smallest absolute Gasteiger partial charge is 0.340 e. The van der Waals surface area contributed by atoms with E-state index >= 15 is 0 Å². The van der Waals surface area contributed by atoms with E-state index in [2.05, 4.69) is 15.1 Å². The summed E-state index contributed by atoms with van der Waals surface area (Å²) in [6.45, 7) is 6.93. The largest absolute Gasteiger partial charge is 0.465 e. The van der Waals surface area contributed by atoms with Gasteiger partial charge in [-0.25, -0.2) is 4.79 Å². The molecule has 3 aromatic rings. The third kappa shape index (κ3) is 5.43. The summed E-state index contributed by atoms with van der Waals surface area (Å²) in [5, 5.41) is 3.87. The Balaban J connectivity index is 1.61. The summed E-state index contributed by atoms with van der Waals surface area (Å²) < 4.78 is 5.22. The van der Waals surface area contributed by atoms with Gasteiger partial charge in [-0.3, -0.25) is 19.6 Å². The van der Waals surface area contributed by atoms with Gasteiger partial charge in [-0.05, 0) is 18.1 Å². The highest BCUT2D eigenvalue weighted by Crippen LogP contribution is 2.34. The van der Waals surface area contributed by atoms with Crippen molar-refractivity contribution in [3.8, 4) is 11.1 Å². The highest BCUT2D eigenvalue weighted by molar-refractivity contribution is 6.07. The van der Waals surface area contributed by atoms with Crippen LogP contribution in [0.25, 0.3) is 22.0 Å². The van der Waals surface area contributed by atoms with Crippen LogP contribution in [0.4, 0.5) is 0 Å². The fraction of sp³-hybridized carbons (Fsp3) is 0.370. The second kappa shape index (κ2) is 11.2. The van der Waals surface area contributed by atoms with Crippen LogP contribution < -0.4 is 5.32 Å². The molecule has 1 amide bonds. The SMILES string of the molecule is CCCNC(=O)CN1CCN(Cc2nc3ccccc3c(-c3ccccc3)c2C(=O)OC)CC1. The molecule has 1 aliphatic rings. The number of esters is 1. The van der Waals surface area contributed by atoms with Crippen molar-refractivity contribution in [3.63, 3.8) is 0 Å². The number of nitrogens with zero attached hydrogens (tertiary/aromatic N) is 3. The zero-order valence-corrected chi connectivity index (χ0v) is 19.9. The Morgan fingerprint density at radius 3 is 2.35 bits per heavy atom. The number of carbonyl (C=O) groups excluding carboxylic acids is 2. The van der Waals surface area contributed by atoms with Gasteiger partial charge in [0.1, 0.15) is 0 Å². The van der Waals surface area contributed by atoms with Gasteiger partial charge in [-0.15, -0.1) is 0 Å². The van der Waals surface area contributed by atoms with Crippen molar-refractivity contribution in [2.45, 2.75) is 19.9 Å². The first-order valence-corrected chi connectivity index (χ1v) is 11.9. The zero-order valence-electron chi connectivity index (χ0n) is 19.9. The molecule has 0 spiro atoms. The lowest BCUT2D eigenvalue weighted by Crippen LogP contribution is -2.49.